The van der Waals surface area contributed by atoms with Crippen LogP contribution in [-0.2, 0) is 5.41 Å². The van der Waals surface area contributed by atoms with Crippen molar-refractivity contribution in [2.75, 3.05) is 4.90 Å². The van der Waals surface area contributed by atoms with Crippen LogP contribution in [0.3, 0.4) is 0 Å². The monoisotopic (exact) mass is 791 g/mol. The summed E-state index contributed by atoms with van der Waals surface area (Å²) in [5.41, 5.74) is 14.0. The fourth-order valence-corrected chi connectivity index (χ4v) is 10.5. The molecule has 0 radical (unpaired) electrons. The summed E-state index contributed by atoms with van der Waals surface area (Å²) < 4.78 is 4.43. The number of para-hydroxylation sites is 3. The molecule has 0 spiro atoms. The fraction of sp³-hybridized carbons (Fsp3) is 0.0526. The number of nitrogens with zero attached hydrogens (tertiary/aromatic N) is 5. The fourth-order valence-electron chi connectivity index (χ4n) is 10.5. The van der Waals surface area contributed by atoms with Crippen molar-refractivity contribution >= 4 is 71.4 Å². The summed E-state index contributed by atoms with van der Waals surface area (Å²) in [7, 11) is 0. The van der Waals surface area contributed by atoms with Gasteiger partial charge in [-0.15, -0.1) is 0 Å². The van der Waals surface area contributed by atoms with E-state index in [1.807, 2.05) is 24.3 Å². The van der Waals surface area contributed by atoms with E-state index in [1.54, 1.807) is 0 Å². The summed E-state index contributed by atoms with van der Waals surface area (Å²) in [5.74, 6) is 0. The van der Waals surface area contributed by atoms with Gasteiger partial charge in [0.25, 0.3) is 0 Å². The van der Waals surface area contributed by atoms with E-state index >= 15 is 0 Å². The van der Waals surface area contributed by atoms with Gasteiger partial charge in [-0.2, -0.15) is 10.5 Å². The van der Waals surface area contributed by atoms with Crippen molar-refractivity contribution < 1.29 is 0 Å². The molecule has 0 bridgehead atoms. The van der Waals surface area contributed by atoms with Gasteiger partial charge in [0.1, 0.15) is 12.1 Å². The van der Waals surface area contributed by atoms with Crippen LogP contribution in [0.5, 0.6) is 0 Å². The number of anilines is 3. The third kappa shape index (κ3) is 4.94. The molecule has 0 N–H and O–H groups in total. The van der Waals surface area contributed by atoms with Crippen molar-refractivity contribution in [1.29, 1.82) is 10.5 Å². The molecule has 0 saturated heterocycles. The Bertz CT molecular complexity index is 3700. The van der Waals surface area contributed by atoms with Crippen molar-refractivity contribution in [3.8, 4) is 34.6 Å². The highest BCUT2D eigenvalue weighted by Gasteiger charge is 2.38. The predicted molar refractivity (Wildman–Crippen MR) is 254 cm³/mol. The summed E-state index contributed by atoms with van der Waals surface area (Å²) in [5, 5.41) is 29.0. The second kappa shape index (κ2) is 13.3. The molecule has 0 saturated carbocycles. The van der Waals surface area contributed by atoms with Crippen LogP contribution in [0, 0.1) is 22.7 Å². The van der Waals surface area contributed by atoms with E-state index in [2.05, 4.69) is 204 Å². The van der Waals surface area contributed by atoms with Crippen LogP contribution in [0.4, 0.5) is 17.1 Å². The zero-order valence-corrected chi connectivity index (χ0v) is 34.1. The summed E-state index contributed by atoms with van der Waals surface area (Å²) in [6, 6.07) is 70.9. The first-order valence-corrected chi connectivity index (χ1v) is 21.0. The molecule has 2 aromatic heterocycles. The van der Waals surface area contributed by atoms with Gasteiger partial charge in [0, 0.05) is 44.0 Å². The summed E-state index contributed by atoms with van der Waals surface area (Å²) in [6.45, 7) is 4.59. The van der Waals surface area contributed by atoms with Gasteiger partial charge < -0.3 is 14.0 Å². The van der Waals surface area contributed by atoms with Crippen LogP contribution < -0.4 is 4.90 Å². The van der Waals surface area contributed by atoms with Gasteiger partial charge in [-0.05, 0) is 99.8 Å². The molecule has 0 aliphatic heterocycles. The molecule has 9 aromatic carbocycles. The van der Waals surface area contributed by atoms with E-state index in [1.165, 1.54) is 22.3 Å². The zero-order valence-electron chi connectivity index (χ0n) is 34.1. The molecule has 0 amide bonds. The van der Waals surface area contributed by atoms with Gasteiger partial charge in [-0.25, -0.2) is 0 Å². The van der Waals surface area contributed by atoms with Gasteiger partial charge in [-0.1, -0.05) is 135 Å². The van der Waals surface area contributed by atoms with Gasteiger partial charge in [0.05, 0.1) is 44.6 Å². The first-order valence-electron chi connectivity index (χ1n) is 21.0. The van der Waals surface area contributed by atoms with Gasteiger partial charge >= 0.3 is 0 Å². The normalized spacial score (nSPS) is 12.8. The third-order valence-corrected chi connectivity index (χ3v) is 13.1. The SMILES string of the molecule is CC1(C)c2ccccc2-c2ccc3c4ccccc4n(-c4cc(C#N)c(-n5c6ccc(N(c7ccccc7)c7ccccc7)cc6c6c7ccccc7ccc65)cc4C#N)c3c21. The smallest absolute Gasteiger partial charge is 0.101 e. The topological polar surface area (TPSA) is 60.7 Å². The molecule has 1 aliphatic carbocycles. The molecular formula is C57H37N5. The lowest BCUT2D eigenvalue weighted by molar-refractivity contribution is 0.664. The molecule has 0 fully saturated rings. The largest absolute Gasteiger partial charge is 0.310 e. The Morgan fingerprint density at radius 1 is 0.452 bits per heavy atom. The molecule has 5 heteroatoms. The lowest BCUT2D eigenvalue weighted by Crippen LogP contribution is -2.16. The molecule has 0 unspecified atom stereocenters. The van der Waals surface area contributed by atoms with Crippen LogP contribution in [0.25, 0.3) is 76.9 Å². The Labute approximate surface area is 358 Å². The lowest BCUT2D eigenvalue weighted by atomic mass is 9.81. The summed E-state index contributed by atoms with van der Waals surface area (Å²) in [6.07, 6.45) is 0. The number of aromatic nitrogens is 2. The minimum atomic E-state index is -0.302. The highest BCUT2D eigenvalue weighted by atomic mass is 15.1. The number of nitriles is 2. The maximum Gasteiger partial charge on any atom is 0.101 e. The molecular weight excluding hydrogens is 755 g/mol. The maximum absolute atomic E-state index is 11.2. The van der Waals surface area contributed by atoms with Crippen LogP contribution in [0.2, 0.25) is 0 Å². The zero-order chi connectivity index (χ0) is 41.7. The van der Waals surface area contributed by atoms with E-state index in [4.69, 9.17) is 0 Å². The molecule has 5 nitrogen and oxygen atoms in total. The predicted octanol–water partition coefficient (Wildman–Crippen LogP) is 14.6. The first-order chi connectivity index (χ1) is 30.5. The number of benzene rings is 9. The minimum Gasteiger partial charge on any atom is -0.310 e. The number of hydrogen-bond acceptors (Lipinski definition) is 3. The first kappa shape index (κ1) is 35.6. The average molecular weight is 792 g/mol. The van der Waals surface area contributed by atoms with E-state index in [0.29, 0.717) is 22.5 Å². The standard InChI is InChI=1S/C57H37N5/c1-57(2)48-23-13-11-21-43(48)45-27-28-46-44-22-12-14-24-49(44)62(56(46)55(45)57)53-32-37(34-58)52(31-38(53)35-59)61-50-30-26-41(60(39-16-5-3-6-17-39)40-18-7-4-8-19-40)33-47(50)54-42-20-10-9-15-36(42)25-29-51(54)61/h3-33H,1-2H3. The van der Waals surface area contributed by atoms with E-state index in [0.717, 1.165) is 71.4 Å². The quantitative estimate of drug-likeness (QED) is 0.174. The Hall–Kier alpha value is -8.38. The minimum absolute atomic E-state index is 0.302. The van der Waals surface area contributed by atoms with Crippen LogP contribution in [0.1, 0.15) is 36.1 Å². The van der Waals surface area contributed by atoms with Crippen molar-refractivity contribution in [2.45, 2.75) is 19.3 Å². The van der Waals surface area contributed by atoms with Crippen molar-refractivity contribution in [2.24, 2.45) is 0 Å². The molecule has 11 aromatic rings. The maximum atomic E-state index is 11.2. The van der Waals surface area contributed by atoms with Crippen molar-refractivity contribution in [1.82, 2.24) is 9.13 Å². The Balaban J connectivity index is 1.14. The summed E-state index contributed by atoms with van der Waals surface area (Å²) in [4.78, 5) is 2.28. The van der Waals surface area contributed by atoms with Gasteiger partial charge in [-0.3, -0.25) is 0 Å². The molecule has 290 valence electrons. The highest BCUT2D eigenvalue weighted by molar-refractivity contribution is 6.22. The number of fused-ring (bicyclic) bond motifs is 12. The van der Waals surface area contributed by atoms with E-state index in [-0.39, 0.29) is 5.41 Å². The van der Waals surface area contributed by atoms with Crippen molar-refractivity contribution in [3.05, 3.63) is 210 Å². The van der Waals surface area contributed by atoms with Crippen molar-refractivity contribution in [3.63, 3.8) is 0 Å². The van der Waals surface area contributed by atoms with E-state index in [9.17, 15) is 10.5 Å². The Morgan fingerprint density at radius 3 is 1.77 bits per heavy atom. The molecule has 12 rings (SSSR count). The third-order valence-electron chi connectivity index (χ3n) is 13.1. The molecule has 0 atom stereocenters. The van der Waals surface area contributed by atoms with Gasteiger partial charge in [0.2, 0.25) is 0 Å². The Morgan fingerprint density at radius 2 is 1.05 bits per heavy atom. The second-order valence-corrected chi connectivity index (χ2v) is 16.7. The summed E-state index contributed by atoms with van der Waals surface area (Å²) >= 11 is 0. The van der Waals surface area contributed by atoms with Crippen LogP contribution in [-0.4, -0.2) is 9.13 Å². The number of rotatable bonds is 5. The molecule has 62 heavy (non-hydrogen) atoms. The average Bonchev–Trinajstić information content (AvgIpc) is 3.92. The highest BCUT2D eigenvalue weighted by Crippen LogP contribution is 2.53. The number of hydrogen-bond donors (Lipinski definition) is 0. The molecule has 1 aliphatic rings. The lowest BCUT2D eigenvalue weighted by Gasteiger charge is -2.25. The van der Waals surface area contributed by atoms with Crippen LogP contribution in [0.15, 0.2) is 188 Å². The van der Waals surface area contributed by atoms with E-state index < -0.39 is 0 Å². The Kier molecular flexibility index (Phi) is 7.64. The van der Waals surface area contributed by atoms with Crippen LogP contribution >= 0.6 is 0 Å². The second-order valence-electron chi connectivity index (χ2n) is 16.7. The molecule has 2 heterocycles. The van der Waals surface area contributed by atoms with Gasteiger partial charge in [0.15, 0.2) is 0 Å².